The van der Waals surface area contributed by atoms with Crippen LogP contribution in [0, 0.1) is 0 Å². The average molecular weight is 213 g/mol. The first kappa shape index (κ1) is 10.4. The van der Waals surface area contributed by atoms with Crippen molar-refractivity contribution in [2.45, 2.75) is 0 Å². The summed E-state index contributed by atoms with van der Waals surface area (Å²) < 4.78 is 4.47. The Hall–Kier alpha value is -1.69. The second-order valence-electron chi connectivity index (χ2n) is 2.23. The van der Waals surface area contributed by atoms with Crippen molar-refractivity contribution >= 4 is 29.4 Å². The van der Waals surface area contributed by atoms with Gasteiger partial charge in [0.25, 0.3) is 0 Å². The number of carbonyl (C=O) groups is 2. The van der Waals surface area contributed by atoms with E-state index in [1.807, 2.05) is 0 Å². The van der Waals surface area contributed by atoms with Crippen molar-refractivity contribution in [1.29, 1.82) is 0 Å². The molecule has 1 heterocycles. The molecule has 0 aromatic carbocycles. The van der Waals surface area contributed by atoms with Crippen LogP contribution in [0.1, 0.15) is 14.7 Å². The van der Waals surface area contributed by atoms with Gasteiger partial charge >= 0.3 is 11.9 Å². The SMILES string of the molecule is COC(=O)c1cnc(C=CC(=O)O)s1. The monoisotopic (exact) mass is 213 g/mol. The van der Waals surface area contributed by atoms with E-state index >= 15 is 0 Å². The predicted octanol–water partition coefficient (Wildman–Crippen LogP) is 1.03. The van der Waals surface area contributed by atoms with E-state index in [1.54, 1.807) is 0 Å². The number of aliphatic carboxylic acids is 1. The smallest absolute Gasteiger partial charge is 0.349 e. The number of ether oxygens (including phenoxy) is 1. The van der Waals surface area contributed by atoms with Crippen molar-refractivity contribution in [1.82, 2.24) is 4.98 Å². The number of hydrogen-bond donors (Lipinski definition) is 1. The standard InChI is InChI=1S/C8H7NO4S/c1-13-8(12)5-4-9-6(14-5)2-3-7(10)11/h2-4H,1H3,(H,10,11). The third-order valence-corrected chi connectivity index (χ3v) is 2.22. The van der Waals surface area contributed by atoms with Gasteiger partial charge < -0.3 is 9.84 Å². The zero-order valence-electron chi connectivity index (χ0n) is 7.26. The molecular formula is C8H7NO4S. The molecule has 0 spiro atoms. The molecule has 0 saturated heterocycles. The fraction of sp³-hybridized carbons (Fsp3) is 0.125. The Balaban J connectivity index is 2.78. The summed E-state index contributed by atoms with van der Waals surface area (Å²) in [4.78, 5) is 25.3. The van der Waals surface area contributed by atoms with E-state index in [-0.39, 0.29) is 0 Å². The lowest BCUT2D eigenvalue weighted by Gasteiger charge is -1.89. The number of aromatic nitrogens is 1. The van der Waals surface area contributed by atoms with Gasteiger partial charge in [0.15, 0.2) is 0 Å². The van der Waals surface area contributed by atoms with Gasteiger partial charge in [-0.3, -0.25) is 0 Å². The van der Waals surface area contributed by atoms with Crippen LogP contribution in [-0.2, 0) is 9.53 Å². The molecule has 5 nitrogen and oxygen atoms in total. The van der Waals surface area contributed by atoms with Crippen molar-refractivity contribution in [3.8, 4) is 0 Å². The van der Waals surface area contributed by atoms with Crippen LogP contribution in [0.15, 0.2) is 12.3 Å². The fourth-order valence-electron chi connectivity index (χ4n) is 0.702. The Bertz CT molecular complexity index is 382. The van der Waals surface area contributed by atoms with Gasteiger partial charge in [-0.1, -0.05) is 0 Å². The lowest BCUT2D eigenvalue weighted by Crippen LogP contribution is -1.96. The van der Waals surface area contributed by atoms with Gasteiger partial charge in [-0.15, -0.1) is 11.3 Å². The van der Waals surface area contributed by atoms with Gasteiger partial charge in [0.1, 0.15) is 9.88 Å². The largest absolute Gasteiger partial charge is 0.478 e. The minimum absolute atomic E-state index is 0.345. The fourth-order valence-corrected chi connectivity index (χ4v) is 1.44. The van der Waals surface area contributed by atoms with E-state index < -0.39 is 11.9 Å². The summed E-state index contributed by atoms with van der Waals surface area (Å²) in [6, 6.07) is 0. The molecule has 0 aliphatic heterocycles. The number of esters is 1. The first-order valence-corrected chi connectivity index (χ1v) is 4.40. The van der Waals surface area contributed by atoms with Crippen LogP contribution in [-0.4, -0.2) is 29.1 Å². The lowest BCUT2D eigenvalue weighted by atomic mass is 10.5. The Morgan fingerprint density at radius 1 is 1.64 bits per heavy atom. The van der Waals surface area contributed by atoms with Crippen LogP contribution >= 0.6 is 11.3 Å². The normalized spacial score (nSPS) is 10.4. The van der Waals surface area contributed by atoms with Crippen molar-refractivity contribution in [2.24, 2.45) is 0 Å². The topological polar surface area (TPSA) is 76.5 Å². The number of rotatable bonds is 3. The Morgan fingerprint density at radius 2 is 2.36 bits per heavy atom. The second kappa shape index (κ2) is 4.52. The van der Waals surface area contributed by atoms with Crippen LogP contribution in [0.5, 0.6) is 0 Å². The summed E-state index contributed by atoms with van der Waals surface area (Å²) in [5.74, 6) is -1.53. The van der Waals surface area contributed by atoms with E-state index in [2.05, 4.69) is 9.72 Å². The highest BCUT2D eigenvalue weighted by molar-refractivity contribution is 7.14. The quantitative estimate of drug-likeness (QED) is 0.599. The van der Waals surface area contributed by atoms with Crippen LogP contribution in [0.3, 0.4) is 0 Å². The Morgan fingerprint density at radius 3 is 2.93 bits per heavy atom. The maximum absolute atomic E-state index is 11.0. The molecule has 0 aliphatic rings. The number of carboxylic acid groups (broad SMARTS) is 1. The maximum atomic E-state index is 11.0. The molecule has 14 heavy (non-hydrogen) atoms. The molecule has 0 bridgehead atoms. The average Bonchev–Trinajstić information content (AvgIpc) is 2.62. The summed E-state index contributed by atoms with van der Waals surface area (Å²) in [5, 5.41) is 8.79. The molecule has 0 fully saturated rings. The van der Waals surface area contributed by atoms with Gasteiger partial charge in [-0.2, -0.15) is 0 Å². The summed E-state index contributed by atoms with van der Waals surface area (Å²) >= 11 is 1.07. The first-order chi connectivity index (χ1) is 6.63. The van der Waals surface area contributed by atoms with Crippen LogP contribution in [0.2, 0.25) is 0 Å². The van der Waals surface area contributed by atoms with E-state index in [1.165, 1.54) is 19.4 Å². The summed E-state index contributed by atoms with van der Waals surface area (Å²) in [6.45, 7) is 0. The molecule has 0 unspecified atom stereocenters. The molecule has 0 saturated carbocycles. The Labute approximate surface area is 83.7 Å². The molecular weight excluding hydrogens is 206 g/mol. The summed E-state index contributed by atoms with van der Waals surface area (Å²) in [7, 11) is 1.27. The molecule has 0 atom stereocenters. The van der Waals surface area contributed by atoms with Gasteiger partial charge in [0.05, 0.1) is 13.3 Å². The minimum atomic E-state index is -1.06. The molecule has 0 aliphatic carbocycles. The molecule has 1 rings (SSSR count). The number of carbonyl (C=O) groups excluding carboxylic acids is 1. The highest BCUT2D eigenvalue weighted by Crippen LogP contribution is 2.14. The predicted molar refractivity (Wildman–Crippen MR) is 50.1 cm³/mol. The van der Waals surface area contributed by atoms with Gasteiger partial charge in [-0.05, 0) is 6.08 Å². The van der Waals surface area contributed by atoms with E-state index in [0.29, 0.717) is 9.88 Å². The molecule has 6 heteroatoms. The number of hydrogen-bond acceptors (Lipinski definition) is 5. The number of methoxy groups -OCH3 is 1. The number of carboxylic acids is 1. The third-order valence-electron chi connectivity index (χ3n) is 1.28. The zero-order chi connectivity index (χ0) is 10.6. The molecule has 1 aromatic rings. The van der Waals surface area contributed by atoms with E-state index in [9.17, 15) is 9.59 Å². The highest BCUT2D eigenvalue weighted by atomic mass is 32.1. The van der Waals surface area contributed by atoms with Gasteiger partial charge in [0.2, 0.25) is 0 Å². The Kier molecular flexibility index (Phi) is 3.35. The number of thiazole rings is 1. The minimum Gasteiger partial charge on any atom is -0.478 e. The van der Waals surface area contributed by atoms with Crippen molar-refractivity contribution < 1.29 is 19.4 Å². The summed E-state index contributed by atoms with van der Waals surface area (Å²) in [5.41, 5.74) is 0. The van der Waals surface area contributed by atoms with Crippen LogP contribution in [0.25, 0.3) is 6.08 Å². The molecule has 1 N–H and O–H groups in total. The lowest BCUT2D eigenvalue weighted by molar-refractivity contribution is -0.131. The third kappa shape index (κ3) is 2.67. The van der Waals surface area contributed by atoms with Crippen molar-refractivity contribution in [3.05, 3.63) is 22.2 Å². The van der Waals surface area contributed by atoms with E-state index in [4.69, 9.17) is 5.11 Å². The highest BCUT2D eigenvalue weighted by Gasteiger charge is 2.08. The van der Waals surface area contributed by atoms with Crippen molar-refractivity contribution in [2.75, 3.05) is 7.11 Å². The number of nitrogens with zero attached hydrogens (tertiary/aromatic N) is 1. The van der Waals surface area contributed by atoms with E-state index in [0.717, 1.165) is 17.4 Å². The zero-order valence-corrected chi connectivity index (χ0v) is 8.08. The maximum Gasteiger partial charge on any atom is 0.349 e. The molecule has 74 valence electrons. The van der Waals surface area contributed by atoms with Gasteiger partial charge in [-0.25, -0.2) is 14.6 Å². The second-order valence-corrected chi connectivity index (χ2v) is 3.29. The van der Waals surface area contributed by atoms with Crippen LogP contribution < -0.4 is 0 Å². The first-order valence-electron chi connectivity index (χ1n) is 3.58. The molecule has 0 radical (unpaired) electrons. The molecule has 0 amide bonds. The molecule has 1 aromatic heterocycles. The van der Waals surface area contributed by atoms with Gasteiger partial charge in [0, 0.05) is 6.08 Å². The summed E-state index contributed by atoms with van der Waals surface area (Å²) in [6.07, 6.45) is 3.62. The van der Waals surface area contributed by atoms with Crippen LogP contribution in [0.4, 0.5) is 0 Å². The van der Waals surface area contributed by atoms with Crippen molar-refractivity contribution in [3.63, 3.8) is 0 Å².